The van der Waals surface area contributed by atoms with Crippen LogP contribution in [0.5, 0.6) is 0 Å². The van der Waals surface area contributed by atoms with Crippen LogP contribution >= 0.6 is 0 Å². The Labute approximate surface area is 172 Å². The fraction of sp³-hybridized carbons (Fsp3) is 0.280. The minimum Gasteiger partial charge on any atom is -0.274 e. The lowest BCUT2D eigenvalue weighted by Crippen LogP contribution is -2.34. The summed E-state index contributed by atoms with van der Waals surface area (Å²) < 4.78 is 2.08. The molecule has 29 heavy (non-hydrogen) atoms. The van der Waals surface area contributed by atoms with Crippen molar-refractivity contribution >= 4 is 11.0 Å². The van der Waals surface area contributed by atoms with Crippen LogP contribution in [0, 0.1) is 6.92 Å². The lowest BCUT2D eigenvalue weighted by molar-refractivity contribution is 0.150. The fourth-order valence-corrected chi connectivity index (χ4v) is 3.78. The highest BCUT2D eigenvalue weighted by Crippen LogP contribution is 2.28. The summed E-state index contributed by atoms with van der Waals surface area (Å²) in [5.74, 6) is 0. The SMILES string of the molecule is CCCCN(Cc1ccc(C)cc1)C(c1ccccc1)n1nnc2ccccc21. The lowest BCUT2D eigenvalue weighted by Gasteiger charge is -2.32. The van der Waals surface area contributed by atoms with Gasteiger partial charge >= 0.3 is 0 Å². The molecule has 0 fully saturated rings. The van der Waals surface area contributed by atoms with Gasteiger partial charge in [-0.3, -0.25) is 4.90 Å². The average Bonchev–Trinajstić information content (AvgIpc) is 3.18. The Morgan fingerprint density at radius 1 is 0.897 bits per heavy atom. The molecule has 0 aliphatic rings. The highest BCUT2D eigenvalue weighted by molar-refractivity contribution is 5.74. The standard InChI is InChI=1S/C25H28N4/c1-3-4-18-28(19-21-16-14-20(2)15-17-21)25(22-10-6-5-7-11-22)29-24-13-9-8-12-23(24)26-27-29/h5-17,25H,3-4,18-19H2,1-2H3. The number of fused-ring (bicyclic) bond motifs is 1. The van der Waals surface area contributed by atoms with Crippen molar-refractivity contribution in [3.05, 3.63) is 95.6 Å². The monoisotopic (exact) mass is 384 g/mol. The lowest BCUT2D eigenvalue weighted by atomic mass is 10.1. The van der Waals surface area contributed by atoms with E-state index in [-0.39, 0.29) is 6.17 Å². The van der Waals surface area contributed by atoms with E-state index < -0.39 is 0 Å². The highest BCUT2D eigenvalue weighted by Gasteiger charge is 2.25. The van der Waals surface area contributed by atoms with Crippen molar-refractivity contribution in [2.45, 2.75) is 39.4 Å². The van der Waals surface area contributed by atoms with E-state index in [9.17, 15) is 0 Å². The number of rotatable bonds is 8. The first-order chi connectivity index (χ1) is 14.3. The Morgan fingerprint density at radius 2 is 1.62 bits per heavy atom. The van der Waals surface area contributed by atoms with Gasteiger partial charge < -0.3 is 0 Å². The minimum atomic E-state index is -0.00328. The quantitative estimate of drug-likeness (QED) is 0.397. The third-order valence-corrected chi connectivity index (χ3v) is 5.36. The van der Waals surface area contributed by atoms with Crippen molar-refractivity contribution in [1.82, 2.24) is 19.9 Å². The molecule has 1 heterocycles. The Balaban J connectivity index is 1.78. The second kappa shape index (κ2) is 9.01. The maximum absolute atomic E-state index is 4.58. The highest BCUT2D eigenvalue weighted by atomic mass is 15.5. The molecule has 1 atom stereocenters. The van der Waals surface area contributed by atoms with Crippen LogP contribution in [-0.2, 0) is 6.54 Å². The molecule has 4 aromatic rings. The zero-order valence-electron chi connectivity index (χ0n) is 17.2. The molecule has 3 aromatic carbocycles. The summed E-state index contributed by atoms with van der Waals surface area (Å²) >= 11 is 0. The van der Waals surface area contributed by atoms with Gasteiger partial charge in [0.2, 0.25) is 0 Å². The van der Waals surface area contributed by atoms with Crippen molar-refractivity contribution in [3.8, 4) is 0 Å². The fourth-order valence-electron chi connectivity index (χ4n) is 3.78. The molecule has 0 amide bonds. The van der Waals surface area contributed by atoms with Crippen LogP contribution in [0.2, 0.25) is 0 Å². The van der Waals surface area contributed by atoms with E-state index in [2.05, 4.69) is 100 Å². The van der Waals surface area contributed by atoms with E-state index in [0.717, 1.165) is 37.0 Å². The van der Waals surface area contributed by atoms with E-state index in [1.165, 1.54) is 16.7 Å². The van der Waals surface area contributed by atoms with Crippen molar-refractivity contribution in [1.29, 1.82) is 0 Å². The molecule has 0 saturated carbocycles. The number of aryl methyl sites for hydroxylation is 1. The number of unbranched alkanes of at least 4 members (excludes halogenated alkanes) is 1. The van der Waals surface area contributed by atoms with Crippen LogP contribution in [0.1, 0.15) is 42.6 Å². The molecule has 4 nitrogen and oxygen atoms in total. The number of benzene rings is 3. The molecule has 0 N–H and O–H groups in total. The molecule has 148 valence electrons. The smallest absolute Gasteiger partial charge is 0.132 e. The van der Waals surface area contributed by atoms with E-state index in [0.29, 0.717) is 0 Å². The summed E-state index contributed by atoms with van der Waals surface area (Å²) in [5, 5.41) is 9.01. The van der Waals surface area contributed by atoms with E-state index in [1.54, 1.807) is 0 Å². The van der Waals surface area contributed by atoms with Crippen molar-refractivity contribution in [2.24, 2.45) is 0 Å². The molecule has 1 unspecified atom stereocenters. The van der Waals surface area contributed by atoms with E-state index in [4.69, 9.17) is 0 Å². The summed E-state index contributed by atoms with van der Waals surface area (Å²) in [5.41, 5.74) is 5.82. The van der Waals surface area contributed by atoms with Gasteiger partial charge in [-0.2, -0.15) is 0 Å². The molecule has 0 radical (unpaired) electrons. The summed E-state index contributed by atoms with van der Waals surface area (Å²) in [6, 6.07) is 27.7. The predicted molar refractivity (Wildman–Crippen MR) is 119 cm³/mol. The maximum Gasteiger partial charge on any atom is 0.132 e. The zero-order chi connectivity index (χ0) is 20.1. The summed E-state index contributed by atoms with van der Waals surface area (Å²) in [7, 11) is 0. The largest absolute Gasteiger partial charge is 0.274 e. The molecule has 0 bridgehead atoms. The third kappa shape index (κ3) is 4.38. The van der Waals surface area contributed by atoms with Crippen molar-refractivity contribution < 1.29 is 0 Å². The number of hydrogen-bond donors (Lipinski definition) is 0. The van der Waals surface area contributed by atoms with Gasteiger partial charge in [0.25, 0.3) is 0 Å². The van der Waals surface area contributed by atoms with Gasteiger partial charge in [0.1, 0.15) is 11.7 Å². The van der Waals surface area contributed by atoms with Crippen LogP contribution in [0.3, 0.4) is 0 Å². The zero-order valence-corrected chi connectivity index (χ0v) is 17.2. The van der Waals surface area contributed by atoms with Gasteiger partial charge in [-0.25, -0.2) is 4.68 Å². The third-order valence-electron chi connectivity index (χ3n) is 5.36. The Morgan fingerprint density at radius 3 is 2.38 bits per heavy atom. The van der Waals surface area contributed by atoms with Crippen LogP contribution in [-0.4, -0.2) is 26.4 Å². The average molecular weight is 385 g/mol. The first kappa shape index (κ1) is 19.3. The number of aromatic nitrogens is 3. The Hall–Kier alpha value is -2.98. The van der Waals surface area contributed by atoms with Gasteiger partial charge in [0.15, 0.2) is 0 Å². The number of para-hydroxylation sites is 1. The van der Waals surface area contributed by atoms with Gasteiger partial charge in [-0.05, 0) is 36.6 Å². The number of hydrogen-bond acceptors (Lipinski definition) is 3. The molecule has 1 aromatic heterocycles. The van der Waals surface area contributed by atoms with Gasteiger partial charge in [-0.1, -0.05) is 90.9 Å². The summed E-state index contributed by atoms with van der Waals surface area (Å²) in [6.07, 6.45) is 2.29. The van der Waals surface area contributed by atoms with E-state index in [1.807, 2.05) is 12.1 Å². The Bertz CT molecular complexity index is 1040. The van der Waals surface area contributed by atoms with Crippen molar-refractivity contribution in [2.75, 3.05) is 6.54 Å². The topological polar surface area (TPSA) is 34.0 Å². The molecular weight excluding hydrogens is 356 g/mol. The molecular formula is C25H28N4. The summed E-state index contributed by atoms with van der Waals surface area (Å²) in [4.78, 5) is 2.52. The first-order valence-electron chi connectivity index (χ1n) is 10.4. The van der Waals surface area contributed by atoms with Crippen LogP contribution in [0.4, 0.5) is 0 Å². The molecule has 4 rings (SSSR count). The van der Waals surface area contributed by atoms with Crippen molar-refractivity contribution in [3.63, 3.8) is 0 Å². The Kier molecular flexibility index (Phi) is 6.01. The predicted octanol–water partition coefficient (Wildman–Crippen LogP) is 5.59. The normalized spacial score (nSPS) is 12.5. The second-order valence-corrected chi connectivity index (χ2v) is 7.62. The molecule has 0 aliphatic carbocycles. The molecule has 0 saturated heterocycles. The second-order valence-electron chi connectivity index (χ2n) is 7.62. The maximum atomic E-state index is 4.58. The first-order valence-corrected chi connectivity index (χ1v) is 10.4. The van der Waals surface area contributed by atoms with Crippen LogP contribution in [0.15, 0.2) is 78.9 Å². The van der Waals surface area contributed by atoms with Crippen LogP contribution in [0.25, 0.3) is 11.0 Å². The molecule has 0 aliphatic heterocycles. The van der Waals surface area contributed by atoms with Gasteiger partial charge in [0.05, 0.1) is 5.52 Å². The molecule has 0 spiro atoms. The van der Waals surface area contributed by atoms with E-state index >= 15 is 0 Å². The van der Waals surface area contributed by atoms with Gasteiger partial charge in [-0.15, -0.1) is 5.10 Å². The van der Waals surface area contributed by atoms with Crippen LogP contribution < -0.4 is 0 Å². The summed E-state index contributed by atoms with van der Waals surface area (Å²) in [6.45, 7) is 6.24. The minimum absolute atomic E-state index is 0.00328. The number of nitrogens with zero attached hydrogens (tertiary/aromatic N) is 4. The van der Waals surface area contributed by atoms with Gasteiger partial charge in [0, 0.05) is 13.1 Å². The molecule has 4 heteroatoms.